The summed E-state index contributed by atoms with van der Waals surface area (Å²) in [6.07, 6.45) is 6.53. The number of rotatable bonds is 5. The van der Waals surface area contributed by atoms with Crippen molar-refractivity contribution in [3.63, 3.8) is 0 Å². The second-order valence-corrected chi connectivity index (χ2v) is 3.74. The summed E-state index contributed by atoms with van der Waals surface area (Å²) < 4.78 is 3.78. The minimum atomic E-state index is 0.150. The second-order valence-electron chi connectivity index (χ2n) is 2.92. The van der Waals surface area contributed by atoms with E-state index in [0.29, 0.717) is 0 Å². The van der Waals surface area contributed by atoms with Crippen molar-refractivity contribution in [3.8, 4) is 0 Å². The molecule has 1 unspecified atom stereocenters. The normalized spacial score (nSPS) is 13.2. The molecule has 0 saturated heterocycles. The van der Waals surface area contributed by atoms with Gasteiger partial charge in [0.25, 0.3) is 0 Å². The summed E-state index contributed by atoms with van der Waals surface area (Å²) in [4.78, 5) is 1.10. The van der Waals surface area contributed by atoms with Gasteiger partial charge in [-0.05, 0) is 18.0 Å². The maximum absolute atomic E-state index is 5.91. The number of nitrogens with zero attached hydrogens (tertiary/aromatic N) is 2. The second kappa shape index (κ2) is 5.22. The van der Waals surface area contributed by atoms with Crippen molar-refractivity contribution < 1.29 is 0 Å². The molecule has 0 radical (unpaired) electrons. The average Bonchev–Trinajstić information content (AvgIpc) is 2.56. The van der Waals surface area contributed by atoms with Crippen LogP contribution in [-0.2, 0) is 0 Å². The van der Waals surface area contributed by atoms with E-state index in [4.69, 9.17) is 5.73 Å². The van der Waals surface area contributed by atoms with Crippen LogP contribution in [0.1, 0.15) is 43.5 Å². The molecule has 12 heavy (non-hydrogen) atoms. The fourth-order valence-electron chi connectivity index (χ4n) is 1.09. The maximum Gasteiger partial charge on any atom is 0.0669 e. The Bertz CT molecular complexity index is 198. The van der Waals surface area contributed by atoms with Crippen LogP contribution < -0.4 is 5.73 Å². The molecular formula is C8H15N3S. The van der Waals surface area contributed by atoms with E-state index in [1.807, 2.05) is 0 Å². The van der Waals surface area contributed by atoms with Crippen LogP contribution in [0, 0.1) is 0 Å². The van der Waals surface area contributed by atoms with Gasteiger partial charge in [0, 0.05) is 6.04 Å². The lowest BCUT2D eigenvalue weighted by atomic mass is 10.1. The van der Waals surface area contributed by atoms with Gasteiger partial charge in [0.05, 0.1) is 11.1 Å². The van der Waals surface area contributed by atoms with Crippen molar-refractivity contribution in [1.29, 1.82) is 0 Å². The van der Waals surface area contributed by atoms with Gasteiger partial charge in [0.1, 0.15) is 0 Å². The third-order valence-electron chi connectivity index (χ3n) is 1.86. The highest BCUT2D eigenvalue weighted by Crippen LogP contribution is 2.18. The molecule has 4 heteroatoms. The number of unbranched alkanes of at least 4 members (excludes halogenated alkanes) is 2. The standard InChI is InChI=1S/C8H15N3S/c1-2-3-4-5-7(9)8-6-10-11-12-8/h6-7H,2-5,9H2,1H3. The molecule has 2 N–H and O–H groups in total. The Hall–Kier alpha value is -0.480. The fourth-order valence-corrected chi connectivity index (χ4v) is 1.63. The van der Waals surface area contributed by atoms with Gasteiger partial charge in [-0.3, -0.25) is 0 Å². The van der Waals surface area contributed by atoms with E-state index in [9.17, 15) is 0 Å². The summed E-state index contributed by atoms with van der Waals surface area (Å²) in [5.41, 5.74) is 5.91. The van der Waals surface area contributed by atoms with Gasteiger partial charge in [-0.15, -0.1) is 5.10 Å². The molecule has 0 aliphatic heterocycles. The third-order valence-corrected chi connectivity index (χ3v) is 2.66. The van der Waals surface area contributed by atoms with E-state index in [2.05, 4.69) is 16.5 Å². The van der Waals surface area contributed by atoms with Crippen LogP contribution in [0.4, 0.5) is 0 Å². The van der Waals surface area contributed by atoms with E-state index in [1.54, 1.807) is 6.20 Å². The lowest BCUT2D eigenvalue weighted by Gasteiger charge is -2.06. The van der Waals surface area contributed by atoms with Gasteiger partial charge in [0.2, 0.25) is 0 Å². The van der Waals surface area contributed by atoms with Crippen molar-refractivity contribution in [3.05, 3.63) is 11.1 Å². The molecule has 1 heterocycles. The summed E-state index contributed by atoms with van der Waals surface area (Å²) in [5, 5.41) is 3.76. The Balaban J connectivity index is 2.25. The van der Waals surface area contributed by atoms with Gasteiger partial charge in [-0.2, -0.15) is 0 Å². The van der Waals surface area contributed by atoms with Crippen molar-refractivity contribution in [2.75, 3.05) is 0 Å². The summed E-state index contributed by atoms with van der Waals surface area (Å²) >= 11 is 1.40. The molecule has 1 rings (SSSR count). The quantitative estimate of drug-likeness (QED) is 0.715. The zero-order chi connectivity index (χ0) is 8.81. The molecule has 0 aromatic carbocycles. The molecule has 0 aliphatic rings. The number of nitrogens with two attached hydrogens (primary N) is 1. The van der Waals surface area contributed by atoms with Crippen LogP contribution in [0.25, 0.3) is 0 Å². The number of aromatic nitrogens is 2. The minimum absolute atomic E-state index is 0.150. The first-order valence-corrected chi connectivity index (χ1v) is 5.14. The lowest BCUT2D eigenvalue weighted by molar-refractivity contribution is 0.587. The predicted molar refractivity (Wildman–Crippen MR) is 51.0 cm³/mol. The molecule has 1 aromatic heterocycles. The highest BCUT2D eigenvalue weighted by molar-refractivity contribution is 7.05. The van der Waals surface area contributed by atoms with Crippen molar-refractivity contribution in [2.45, 2.75) is 38.6 Å². The van der Waals surface area contributed by atoms with E-state index in [0.717, 1.165) is 11.3 Å². The summed E-state index contributed by atoms with van der Waals surface area (Å²) in [6.45, 7) is 2.19. The van der Waals surface area contributed by atoms with Crippen molar-refractivity contribution >= 4 is 11.5 Å². The number of hydrogen-bond acceptors (Lipinski definition) is 4. The summed E-state index contributed by atoms with van der Waals surface area (Å²) in [5.74, 6) is 0. The predicted octanol–water partition coefficient (Wildman–Crippen LogP) is 2.12. The molecule has 0 amide bonds. The van der Waals surface area contributed by atoms with Gasteiger partial charge in [-0.25, -0.2) is 0 Å². The zero-order valence-corrected chi connectivity index (χ0v) is 8.18. The van der Waals surface area contributed by atoms with Gasteiger partial charge in [0.15, 0.2) is 0 Å². The average molecular weight is 185 g/mol. The smallest absolute Gasteiger partial charge is 0.0669 e. The lowest BCUT2D eigenvalue weighted by Crippen LogP contribution is -2.08. The minimum Gasteiger partial charge on any atom is -0.323 e. The van der Waals surface area contributed by atoms with E-state index in [1.165, 1.54) is 30.8 Å². The van der Waals surface area contributed by atoms with Crippen LogP contribution in [0.3, 0.4) is 0 Å². The van der Waals surface area contributed by atoms with Crippen molar-refractivity contribution in [1.82, 2.24) is 9.59 Å². The molecule has 0 spiro atoms. The molecule has 0 saturated carbocycles. The molecular weight excluding hydrogens is 170 g/mol. The van der Waals surface area contributed by atoms with E-state index >= 15 is 0 Å². The van der Waals surface area contributed by atoms with Crippen LogP contribution >= 0.6 is 11.5 Å². The van der Waals surface area contributed by atoms with E-state index < -0.39 is 0 Å². The first-order chi connectivity index (χ1) is 5.84. The zero-order valence-electron chi connectivity index (χ0n) is 7.36. The Kier molecular flexibility index (Phi) is 4.18. The third kappa shape index (κ3) is 2.87. The van der Waals surface area contributed by atoms with Crippen LogP contribution in [0.15, 0.2) is 6.20 Å². The van der Waals surface area contributed by atoms with Crippen LogP contribution in [0.2, 0.25) is 0 Å². The number of hydrogen-bond donors (Lipinski definition) is 1. The van der Waals surface area contributed by atoms with Gasteiger partial charge >= 0.3 is 0 Å². The highest BCUT2D eigenvalue weighted by Gasteiger charge is 2.07. The monoisotopic (exact) mass is 185 g/mol. The summed E-state index contributed by atoms with van der Waals surface area (Å²) in [7, 11) is 0. The Morgan fingerprint density at radius 2 is 2.42 bits per heavy atom. The van der Waals surface area contributed by atoms with Crippen molar-refractivity contribution in [2.24, 2.45) is 5.73 Å². The molecule has 1 atom stereocenters. The fraction of sp³-hybridized carbons (Fsp3) is 0.750. The summed E-state index contributed by atoms with van der Waals surface area (Å²) in [6, 6.07) is 0.150. The van der Waals surface area contributed by atoms with Crippen LogP contribution in [-0.4, -0.2) is 9.59 Å². The van der Waals surface area contributed by atoms with Gasteiger partial charge in [-0.1, -0.05) is 30.7 Å². The molecule has 68 valence electrons. The van der Waals surface area contributed by atoms with E-state index in [-0.39, 0.29) is 6.04 Å². The molecule has 0 bridgehead atoms. The largest absolute Gasteiger partial charge is 0.323 e. The first kappa shape index (κ1) is 9.61. The molecule has 3 nitrogen and oxygen atoms in total. The maximum atomic E-state index is 5.91. The Morgan fingerprint density at radius 1 is 1.58 bits per heavy atom. The Morgan fingerprint density at radius 3 is 3.00 bits per heavy atom. The first-order valence-electron chi connectivity index (χ1n) is 4.37. The molecule has 0 fully saturated rings. The van der Waals surface area contributed by atoms with Crippen LogP contribution in [0.5, 0.6) is 0 Å². The SMILES string of the molecule is CCCCCC(N)c1cnns1. The highest BCUT2D eigenvalue weighted by atomic mass is 32.1. The molecule has 0 aliphatic carbocycles. The van der Waals surface area contributed by atoms with Gasteiger partial charge < -0.3 is 5.73 Å². The Labute approximate surface area is 77.2 Å². The topological polar surface area (TPSA) is 51.8 Å². The molecule has 1 aromatic rings.